The van der Waals surface area contributed by atoms with E-state index in [1.807, 2.05) is 13.8 Å². The molecule has 2 aromatic rings. The van der Waals surface area contributed by atoms with Crippen molar-refractivity contribution >= 4 is 23.6 Å². The molecule has 2 rings (SSSR count). The molecule has 0 saturated carbocycles. The first kappa shape index (κ1) is 20.2. The van der Waals surface area contributed by atoms with E-state index < -0.39 is 5.82 Å². The number of carbonyl (C=O) groups is 2. The maximum Gasteiger partial charge on any atom is 0.253 e. The standard InChI is InChI=1S/C21H23FN2O3/c1-4-24(5-2)21(26)16-8-10-17(11-9-16)23-20(25)13-7-15-6-12-19(27-3)18(22)14-15/h6-14H,4-5H2,1-3H3,(H,23,25)/b13-7+. The van der Waals surface area contributed by atoms with Crippen LogP contribution in [-0.2, 0) is 4.79 Å². The second-order valence-corrected chi connectivity index (χ2v) is 5.77. The summed E-state index contributed by atoms with van der Waals surface area (Å²) in [7, 11) is 1.39. The van der Waals surface area contributed by atoms with Crippen molar-refractivity contribution in [1.82, 2.24) is 4.90 Å². The minimum Gasteiger partial charge on any atom is -0.494 e. The molecule has 142 valence electrons. The van der Waals surface area contributed by atoms with Crippen LogP contribution in [0.5, 0.6) is 5.75 Å². The summed E-state index contributed by atoms with van der Waals surface area (Å²) >= 11 is 0. The lowest BCUT2D eigenvalue weighted by Crippen LogP contribution is -2.30. The van der Waals surface area contributed by atoms with Gasteiger partial charge in [0.2, 0.25) is 5.91 Å². The van der Waals surface area contributed by atoms with Crippen molar-refractivity contribution < 1.29 is 18.7 Å². The fourth-order valence-electron chi connectivity index (χ4n) is 2.53. The third-order valence-electron chi connectivity index (χ3n) is 4.05. The monoisotopic (exact) mass is 370 g/mol. The molecule has 0 radical (unpaired) electrons. The first-order chi connectivity index (χ1) is 13.0. The molecule has 0 fully saturated rings. The fraction of sp³-hybridized carbons (Fsp3) is 0.238. The van der Waals surface area contributed by atoms with Crippen molar-refractivity contribution in [2.45, 2.75) is 13.8 Å². The third kappa shape index (κ3) is 5.41. The van der Waals surface area contributed by atoms with Gasteiger partial charge in [-0.2, -0.15) is 0 Å². The first-order valence-electron chi connectivity index (χ1n) is 8.70. The van der Waals surface area contributed by atoms with Crippen molar-refractivity contribution in [3.63, 3.8) is 0 Å². The summed E-state index contributed by atoms with van der Waals surface area (Å²) in [5.74, 6) is -0.738. The SMILES string of the molecule is CCN(CC)C(=O)c1ccc(NC(=O)/C=C/c2ccc(OC)c(F)c2)cc1. The third-order valence-corrected chi connectivity index (χ3v) is 4.05. The van der Waals surface area contributed by atoms with E-state index in [4.69, 9.17) is 4.74 Å². The van der Waals surface area contributed by atoms with Gasteiger partial charge in [-0.25, -0.2) is 4.39 Å². The van der Waals surface area contributed by atoms with Gasteiger partial charge < -0.3 is 15.0 Å². The number of benzene rings is 2. The molecule has 0 spiro atoms. The van der Waals surface area contributed by atoms with Gasteiger partial charge in [-0.15, -0.1) is 0 Å². The molecule has 1 N–H and O–H groups in total. The molecule has 6 heteroatoms. The Balaban J connectivity index is 1.99. The average Bonchev–Trinajstić information content (AvgIpc) is 2.68. The van der Waals surface area contributed by atoms with Crippen LogP contribution in [0.15, 0.2) is 48.5 Å². The van der Waals surface area contributed by atoms with E-state index in [9.17, 15) is 14.0 Å². The number of nitrogens with zero attached hydrogens (tertiary/aromatic N) is 1. The van der Waals surface area contributed by atoms with Gasteiger partial charge in [0, 0.05) is 30.4 Å². The quantitative estimate of drug-likeness (QED) is 0.751. The summed E-state index contributed by atoms with van der Waals surface area (Å²) in [6, 6.07) is 11.1. The number of hydrogen-bond donors (Lipinski definition) is 1. The second kappa shape index (κ2) is 9.52. The normalized spacial score (nSPS) is 10.7. The Morgan fingerprint density at radius 3 is 2.33 bits per heavy atom. The zero-order chi connectivity index (χ0) is 19.8. The second-order valence-electron chi connectivity index (χ2n) is 5.77. The Labute approximate surface area is 158 Å². The number of carbonyl (C=O) groups excluding carboxylic acids is 2. The summed E-state index contributed by atoms with van der Waals surface area (Å²) in [4.78, 5) is 26.0. The first-order valence-corrected chi connectivity index (χ1v) is 8.70. The topological polar surface area (TPSA) is 58.6 Å². The maximum absolute atomic E-state index is 13.6. The molecule has 2 aromatic carbocycles. The summed E-state index contributed by atoms with van der Waals surface area (Å²) in [6.07, 6.45) is 2.83. The summed E-state index contributed by atoms with van der Waals surface area (Å²) in [5.41, 5.74) is 1.69. The van der Waals surface area contributed by atoms with Crippen molar-refractivity contribution in [2.75, 3.05) is 25.5 Å². The summed E-state index contributed by atoms with van der Waals surface area (Å²) < 4.78 is 18.5. The highest BCUT2D eigenvalue weighted by Gasteiger charge is 2.12. The van der Waals surface area contributed by atoms with Gasteiger partial charge in [-0.05, 0) is 61.9 Å². The molecule has 0 aromatic heterocycles. The van der Waals surface area contributed by atoms with Crippen molar-refractivity contribution in [3.05, 3.63) is 65.5 Å². The number of halogens is 1. The van der Waals surface area contributed by atoms with Gasteiger partial charge >= 0.3 is 0 Å². The molecular formula is C21H23FN2O3. The molecule has 27 heavy (non-hydrogen) atoms. The molecule has 0 aliphatic heterocycles. The zero-order valence-corrected chi connectivity index (χ0v) is 15.7. The number of hydrogen-bond acceptors (Lipinski definition) is 3. The van der Waals surface area contributed by atoms with E-state index in [0.717, 1.165) is 0 Å². The molecule has 5 nitrogen and oxygen atoms in total. The highest BCUT2D eigenvalue weighted by atomic mass is 19.1. The predicted molar refractivity (Wildman–Crippen MR) is 104 cm³/mol. The van der Waals surface area contributed by atoms with Crippen molar-refractivity contribution in [1.29, 1.82) is 0 Å². The van der Waals surface area contributed by atoms with Crippen LogP contribution < -0.4 is 10.1 Å². The Hall–Kier alpha value is -3.15. The fourth-order valence-corrected chi connectivity index (χ4v) is 2.53. The van der Waals surface area contributed by atoms with Crippen molar-refractivity contribution in [2.24, 2.45) is 0 Å². The Kier molecular flexibility index (Phi) is 7.11. The minimum absolute atomic E-state index is 0.0423. The lowest BCUT2D eigenvalue weighted by atomic mass is 10.1. The zero-order valence-electron chi connectivity index (χ0n) is 15.7. The maximum atomic E-state index is 13.6. The van der Waals surface area contributed by atoms with Crippen LogP contribution in [0.1, 0.15) is 29.8 Å². The molecule has 2 amide bonds. The Morgan fingerprint density at radius 2 is 1.78 bits per heavy atom. The number of amides is 2. The molecule has 0 atom stereocenters. The van der Waals surface area contributed by atoms with Crippen LogP contribution >= 0.6 is 0 Å². The van der Waals surface area contributed by atoms with Gasteiger partial charge in [0.15, 0.2) is 11.6 Å². The van der Waals surface area contributed by atoms with Crippen LogP contribution in [0, 0.1) is 5.82 Å². The smallest absolute Gasteiger partial charge is 0.253 e. The van der Waals surface area contributed by atoms with Crippen LogP contribution in [-0.4, -0.2) is 36.9 Å². The average molecular weight is 370 g/mol. The van der Waals surface area contributed by atoms with E-state index in [2.05, 4.69) is 5.32 Å². The highest BCUT2D eigenvalue weighted by Crippen LogP contribution is 2.18. The lowest BCUT2D eigenvalue weighted by Gasteiger charge is -2.18. The molecule has 0 aliphatic carbocycles. The largest absolute Gasteiger partial charge is 0.494 e. The minimum atomic E-state index is -0.492. The van der Waals surface area contributed by atoms with Crippen molar-refractivity contribution in [3.8, 4) is 5.75 Å². The van der Waals surface area contributed by atoms with E-state index in [1.165, 1.54) is 31.4 Å². The number of anilines is 1. The molecule has 0 saturated heterocycles. The van der Waals surface area contributed by atoms with E-state index in [-0.39, 0.29) is 17.6 Å². The summed E-state index contributed by atoms with van der Waals surface area (Å²) in [6.45, 7) is 5.14. The van der Waals surface area contributed by atoms with Crippen LogP contribution in [0.2, 0.25) is 0 Å². The van der Waals surface area contributed by atoms with E-state index in [0.29, 0.717) is 29.9 Å². The number of rotatable bonds is 7. The molecular weight excluding hydrogens is 347 g/mol. The van der Waals surface area contributed by atoms with E-state index >= 15 is 0 Å². The van der Waals surface area contributed by atoms with Crippen LogP contribution in [0.25, 0.3) is 6.08 Å². The van der Waals surface area contributed by atoms with Crippen LogP contribution in [0.4, 0.5) is 10.1 Å². The van der Waals surface area contributed by atoms with Gasteiger partial charge in [0.25, 0.3) is 5.91 Å². The van der Waals surface area contributed by atoms with Gasteiger partial charge in [-0.3, -0.25) is 9.59 Å². The number of nitrogens with one attached hydrogen (secondary N) is 1. The predicted octanol–water partition coefficient (Wildman–Crippen LogP) is 3.97. The van der Waals surface area contributed by atoms with Gasteiger partial charge in [-0.1, -0.05) is 6.07 Å². The molecule has 0 aliphatic rings. The van der Waals surface area contributed by atoms with Gasteiger partial charge in [0.1, 0.15) is 0 Å². The number of methoxy groups -OCH3 is 1. The Bertz CT molecular complexity index is 828. The number of ether oxygens (including phenoxy) is 1. The Morgan fingerprint density at radius 1 is 1.11 bits per heavy atom. The van der Waals surface area contributed by atoms with Crippen LogP contribution in [0.3, 0.4) is 0 Å². The molecule has 0 heterocycles. The van der Waals surface area contributed by atoms with E-state index in [1.54, 1.807) is 35.2 Å². The molecule has 0 bridgehead atoms. The highest BCUT2D eigenvalue weighted by molar-refractivity contribution is 6.02. The lowest BCUT2D eigenvalue weighted by molar-refractivity contribution is -0.111. The van der Waals surface area contributed by atoms with Gasteiger partial charge in [0.05, 0.1) is 7.11 Å². The summed E-state index contributed by atoms with van der Waals surface area (Å²) in [5, 5.41) is 2.70. The molecule has 0 unspecified atom stereocenters.